The third-order valence-corrected chi connectivity index (χ3v) is 4.61. The topological polar surface area (TPSA) is 66.4 Å². The quantitative estimate of drug-likeness (QED) is 0.589. The molecule has 4 nitrogen and oxygen atoms in total. The number of nitrogens with one attached hydrogen (secondary N) is 1. The van der Waals surface area contributed by atoms with Gasteiger partial charge in [-0.1, -0.05) is 60.1 Å². The lowest BCUT2D eigenvalue weighted by Gasteiger charge is -2.10. The van der Waals surface area contributed by atoms with Crippen LogP contribution >= 0.6 is 11.6 Å². The number of carboxylic acids is 1. The van der Waals surface area contributed by atoms with Crippen molar-refractivity contribution in [2.24, 2.45) is 0 Å². The fraction of sp³-hybridized carbons (Fsp3) is 0.0435. The zero-order valence-electron chi connectivity index (χ0n) is 15.1. The van der Waals surface area contributed by atoms with Crippen LogP contribution in [0.1, 0.15) is 21.5 Å². The summed E-state index contributed by atoms with van der Waals surface area (Å²) in [6, 6.07) is 21.6. The number of carboxylic acid groups (broad SMARTS) is 1. The van der Waals surface area contributed by atoms with E-state index in [-0.39, 0.29) is 5.70 Å². The second kappa shape index (κ2) is 8.55. The molecule has 0 aliphatic rings. The fourth-order valence-corrected chi connectivity index (χ4v) is 2.99. The molecule has 1 amide bonds. The number of hydrogen-bond acceptors (Lipinski definition) is 2. The lowest BCUT2D eigenvalue weighted by Crippen LogP contribution is -2.27. The summed E-state index contributed by atoms with van der Waals surface area (Å²) in [7, 11) is 0. The predicted octanol–water partition coefficient (Wildman–Crippen LogP) is 5.17. The van der Waals surface area contributed by atoms with Crippen LogP contribution in [0.4, 0.5) is 0 Å². The van der Waals surface area contributed by atoms with E-state index in [0.717, 1.165) is 16.7 Å². The summed E-state index contributed by atoms with van der Waals surface area (Å²) in [5, 5.41) is 12.6. The Balaban J connectivity index is 1.97. The first kappa shape index (κ1) is 19.4. The summed E-state index contributed by atoms with van der Waals surface area (Å²) < 4.78 is 0. The Kier molecular flexibility index (Phi) is 5.92. The van der Waals surface area contributed by atoms with Crippen molar-refractivity contribution >= 4 is 29.6 Å². The number of hydrogen-bond donors (Lipinski definition) is 2. The van der Waals surface area contributed by atoms with Crippen molar-refractivity contribution in [2.75, 3.05) is 0 Å². The normalized spacial score (nSPS) is 11.1. The van der Waals surface area contributed by atoms with Gasteiger partial charge in [-0.15, -0.1) is 0 Å². The minimum absolute atomic E-state index is 0.201. The van der Waals surface area contributed by atoms with Gasteiger partial charge in [0.05, 0.1) is 0 Å². The maximum atomic E-state index is 12.3. The highest BCUT2D eigenvalue weighted by Gasteiger charge is 2.14. The molecule has 5 heteroatoms. The van der Waals surface area contributed by atoms with Gasteiger partial charge in [0.2, 0.25) is 0 Å². The van der Waals surface area contributed by atoms with Gasteiger partial charge < -0.3 is 10.4 Å². The standard InChI is InChI=1S/C23H18ClNO3/c1-15-11-12-17(19-9-5-6-10-20(19)24)13-18(15)14-21(23(27)28)25-22(26)16-7-3-2-4-8-16/h2-14H,1H3,(H,25,26)(H,27,28)/b21-14-. The van der Waals surface area contributed by atoms with Crippen LogP contribution in [-0.2, 0) is 4.79 Å². The van der Waals surface area contributed by atoms with E-state index in [1.165, 1.54) is 6.08 Å². The van der Waals surface area contributed by atoms with Crippen molar-refractivity contribution in [1.82, 2.24) is 5.32 Å². The number of rotatable bonds is 5. The first-order valence-corrected chi connectivity index (χ1v) is 9.00. The molecule has 0 unspecified atom stereocenters. The molecule has 0 bridgehead atoms. The van der Waals surface area contributed by atoms with Gasteiger partial charge in [0, 0.05) is 16.1 Å². The Morgan fingerprint density at radius 1 is 0.964 bits per heavy atom. The van der Waals surface area contributed by atoms with Crippen LogP contribution in [0.2, 0.25) is 5.02 Å². The van der Waals surface area contributed by atoms with Crippen LogP contribution in [0.3, 0.4) is 0 Å². The number of amides is 1. The Morgan fingerprint density at radius 2 is 1.64 bits per heavy atom. The first-order valence-electron chi connectivity index (χ1n) is 8.62. The highest BCUT2D eigenvalue weighted by atomic mass is 35.5. The van der Waals surface area contributed by atoms with Crippen LogP contribution in [0.15, 0.2) is 78.5 Å². The van der Waals surface area contributed by atoms with Gasteiger partial charge in [0.15, 0.2) is 0 Å². The van der Waals surface area contributed by atoms with Crippen LogP contribution < -0.4 is 5.32 Å². The zero-order valence-corrected chi connectivity index (χ0v) is 15.9. The van der Waals surface area contributed by atoms with E-state index in [1.54, 1.807) is 36.4 Å². The van der Waals surface area contributed by atoms with Crippen molar-refractivity contribution < 1.29 is 14.7 Å². The minimum Gasteiger partial charge on any atom is -0.477 e. The molecule has 0 atom stereocenters. The van der Waals surface area contributed by atoms with Crippen molar-refractivity contribution in [1.29, 1.82) is 0 Å². The zero-order chi connectivity index (χ0) is 20.1. The van der Waals surface area contributed by atoms with E-state index >= 15 is 0 Å². The van der Waals surface area contributed by atoms with E-state index in [9.17, 15) is 14.7 Å². The van der Waals surface area contributed by atoms with E-state index in [2.05, 4.69) is 5.32 Å². The van der Waals surface area contributed by atoms with E-state index < -0.39 is 11.9 Å². The molecule has 0 spiro atoms. The second-order valence-corrected chi connectivity index (χ2v) is 6.64. The average Bonchev–Trinajstić information content (AvgIpc) is 2.70. The number of halogens is 1. The second-order valence-electron chi connectivity index (χ2n) is 6.23. The highest BCUT2D eigenvalue weighted by Crippen LogP contribution is 2.29. The lowest BCUT2D eigenvalue weighted by atomic mass is 9.99. The van der Waals surface area contributed by atoms with Gasteiger partial charge in [-0.3, -0.25) is 4.79 Å². The molecule has 28 heavy (non-hydrogen) atoms. The first-order chi connectivity index (χ1) is 13.5. The Hall–Kier alpha value is -3.37. The maximum absolute atomic E-state index is 12.3. The number of carbonyl (C=O) groups is 2. The van der Waals surface area contributed by atoms with Crippen LogP contribution in [-0.4, -0.2) is 17.0 Å². The monoisotopic (exact) mass is 391 g/mol. The number of aliphatic carboxylic acids is 1. The Bertz CT molecular complexity index is 1060. The average molecular weight is 392 g/mol. The number of benzene rings is 3. The summed E-state index contributed by atoms with van der Waals surface area (Å²) in [5.41, 5.74) is 3.46. The number of carbonyl (C=O) groups excluding carboxylic acids is 1. The number of aryl methyl sites for hydroxylation is 1. The van der Waals surface area contributed by atoms with Crippen LogP contribution in [0, 0.1) is 6.92 Å². The minimum atomic E-state index is -1.22. The summed E-state index contributed by atoms with van der Waals surface area (Å²) in [5.74, 6) is -1.69. The van der Waals surface area contributed by atoms with E-state index in [4.69, 9.17) is 11.6 Å². The lowest BCUT2D eigenvalue weighted by molar-refractivity contribution is -0.132. The van der Waals surface area contributed by atoms with Gasteiger partial charge in [0.1, 0.15) is 5.70 Å². The summed E-state index contributed by atoms with van der Waals surface area (Å²) in [4.78, 5) is 24.0. The highest BCUT2D eigenvalue weighted by molar-refractivity contribution is 6.33. The molecule has 0 radical (unpaired) electrons. The van der Waals surface area contributed by atoms with E-state index in [1.807, 2.05) is 43.3 Å². The van der Waals surface area contributed by atoms with Gasteiger partial charge in [-0.2, -0.15) is 0 Å². The molecule has 3 aromatic carbocycles. The predicted molar refractivity (Wildman–Crippen MR) is 111 cm³/mol. The van der Waals surface area contributed by atoms with Gasteiger partial charge in [-0.05, 0) is 54.0 Å². The Morgan fingerprint density at radius 3 is 2.32 bits per heavy atom. The fourth-order valence-electron chi connectivity index (χ4n) is 2.75. The molecule has 0 aliphatic heterocycles. The SMILES string of the molecule is Cc1ccc(-c2ccccc2Cl)cc1/C=C(\NC(=O)c1ccccc1)C(=O)O. The van der Waals surface area contributed by atoms with Crippen molar-refractivity contribution in [3.8, 4) is 11.1 Å². The molecule has 0 heterocycles. The van der Waals surface area contributed by atoms with Gasteiger partial charge in [-0.25, -0.2) is 4.79 Å². The largest absolute Gasteiger partial charge is 0.477 e. The molecule has 0 aromatic heterocycles. The summed E-state index contributed by atoms with van der Waals surface area (Å²) >= 11 is 6.28. The van der Waals surface area contributed by atoms with Gasteiger partial charge >= 0.3 is 5.97 Å². The molecule has 140 valence electrons. The van der Waals surface area contributed by atoms with Crippen LogP contribution in [0.5, 0.6) is 0 Å². The molecule has 0 aliphatic carbocycles. The summed E-state index contributed by atoms with van der Waals surface area (Å²) in [6.07, 6.45) is 1.46. The van der Waals surface area contributed by atoms with Crippen LogP contribution in [0.25, 0.3) is 17.2 Å². The third kappa shape index (κ3) is 4.48. The summed E-state index contributed by atoms with van der Waals surface area (Å²) in [6.45, 7) is 1.88. The van der Waals surface area contributed by atoms with Crippen molar-refractivity contribution in [3.05, 3.63) is 100 Å². The van der Waals surface area contributed by atoms with Crippen molar-refractivity contribution in [3.63, 3.8) is 0 Å². The maximum Gasteiger partial charge on any atom is 0.352 e. The molecular weight excluding hydrogens is 374 g/mol. The molecule has 0 saturated carbocycles. The van der Waals surface area contributed by atoms with E-state index in [0.29, 0.717) is 16.1 Å². The Labute approximate surface area is 168 Å². The molecule has 0 fully saturated rings. The van der Waals surface area contributed by atoms with Gasteiger partial charge in [0.25, 0.3) is 5.91 Å². The molecular formula is C23H18ClNO3. The molecule has 3 aromatic rings. The molecule has 0 saturated heterocycles. The molecule has 3 rings (SSSR count). The van der Waals surface area contributed by atoms with Crippen molar-refractivity contribution in [2.45, 2.75) is 6.92 Å². The third-order valence-electron chi connectivity index (χ3n) is 4.28. The molecule has 2 N–H and O–H groups in total. The smallest absolute Gasteiger partial charge is 0.352 e.